The summed E-state index contributed by atoms with van der Waals surface area (Å²) in [5, 5.41) is 3.39. The number of hydrogen-bond acceptors (Lipinski definition) is 3. The van der Waals surface area contributed by atoms with Crippen LogP contribution in [0.5, 0.6) is 0 Å². The van der Waals surface area contributed by atoms with Crippen LogP contribution in [-0.2, 0) is 6.54 Å². The van der Waals surface area contributed by atoms with Crippen molar-refractivity contribution in [2.75, 3.05) is 25.0 Å². The fourth-order valence-electron chi connectivity index (χ4n) is 1.69. The van der Waals surface area contributed by atoms with Gasteiger partial charge in [0.2, 0.25) is 0 Å². The molecule has 0 fully saturated rings. The molecule has 0 aliphatic rings. The molecule has 0 bridgehead atoms. The van der Waals surface area contributed by atoms with E-state index in [2.05, 4.69) is 34.1 Å². The van der Waals surface area contributed by atoms with Gasteiger partial charge in [-0.2, -0.15) is 0 Å². The van der Waals surface area contributed by atoms with E-state index in [0.717, 1.165) is 25.2 Å². The molecule has 3 heteroatoms. The molecule has 1 heterocycles. The molecule has 1 N–H and O–H groups in total. The van der Waals surface area contributed by atoms with Gasteiger partial charge in [0, 0.05) is 36.7 Å². The summed E-state index contributed by atoms with van der Waals surface area (Å²) in [6.07, 6.45) is 8.42. The van der Waals surface area contributed by atoms with Gasteiger partial charge in [0.05, 0.1) is 6.54 Å². The van der Waals surface area contributed by atoms with Crippen LogP contribution in [0.1, 0.15) is 24.6 Å². The SMILES string of the molecule is C#CCN(C)c1cc(C)ncc1CNCCC. The van der Waals surface area contributed by atoms with Gasteiger partial charge >= 0.3 is 0 Å². The first-order valence-corrected chi connectivity index (χ1v) is 5.99. The maximum atomic E-state index is 5.35. The van der Waals surface area contributed by atoms with Crippen LogP contribution in [0, 0.1) is 19.3 Å². The van der Waals surface area contributed by atoms with Crippen molar-refractivity contribution < 1.29 is 0 Å². The van der Waals surface area contributed by atoms with Crippen LogP contribution in [0.15, 0.2) is 12.3 Å². The van der Waals surface area contributed by atoms with Crippen LogP contribution < -0.4 is 10.2 Å². The molecule has 1 aromatic heterocycles. The zero-order valence-corrected chi connectivity index (χ0v) is 11.0. The Bertz CT molecular complexity index is 393. The zero-order valence-electron chi connectivity index (χ0n) is 11.0. The summed E-state index contributed by atoms with van der Waals surface area (Å²) < 4.78 is 0. The van der Waals surface area contributed by atoms with Crippen LogP contribution in [-0.4, -0.2) is 25.1 Å². The molecule has 0 radical (unpaired) electrons. The normalized spacial score (nSPS) is 10.0. The number of hydrogen-bond donors (Lipinski definition) is 1. The van der Waals surface area contributed by atoms with E-state index in [1.165, 1.54) is 11.3 Å². The van der Waals surface area contributed by atoms with Crippen LogP contribution in [0.4, 0.5) is 5.69 Å². The lowest BCUT2D eigenvalue weighted by atomic mass is 10.2. The first kappa shape index (κ1) is 13.5. The largest absolute Gasteiger partial charge is 0.363 e. The molecule has 3 nitrogen and oxygen atoms in total. The second-order valence-corrected chi connectivity index (χ2v) is 4.19. The number of anilines is 1. The summed E-state index contributed by atoms with van der Waals surface area (Å²) in [7, 11) is 2.01. The van der Waals surface area contributed by atoms with Gasteiger partial charge in [-0.3, -0.25) is 4.98 Å². The molecule has 1 rings (SSSR count). The second-order valence-electron chi connectivity index (χ2n) is 4.19. The summed E-state index contributed by atoms with van der Waals surface area (Å²) in [6, 6.07) is 2.08. The zero-order chi connectivity index (χ0) is 12.7. The Labute approximate surface area is 104 Å². The predicted octanol–water partition coefficient (Wildman–Crippen LogP) is 1.96. The standard InChI is InChI=1S/C14H21N3/c1-5-7-15-10-13-11-16-12(3)9-14(13)17(4)8-6-2/h2,9,11,15H,5,7-8,10H2,1,3-4H3. The smallest absolute Gasteiger partial charge is 0.0788 e. The molecule has 0 atom stereocenters. The summed E-state index contributed by atoms with van der Waals surface area (Å²) in [5.74, 6) is 2.67. The quantitative estimate of drug-likeness (QED) is 0.599. The lowest BCUT2D eigenvalue weighted by Crippen LogP contribution is -2.22. The van der Waals surface area contributed by atoms with Crippen molar-refractivity contribution in [3.63, 3.8) is 0 Å². The highest BCUT2D eigenvalue weighted by atomic mass is 15.1. The highest BCUT2D eigenvalue weighted by Gasteiger charge is 2.07. The molecular weight excluding hydrogens is 210 g/mol. The van der Waals surface area contributed by atoms with Gasteiger partial charge in [0.1, 0.15) is 0 Å². The molecule has 0 unspecified atom stereocenters. The lowest BCUT2D eigenvalue weighted by Gasteiger charge is -2.20. The molecule has 0 saturated carbocycles. The monoisotopic (exact) mass is 231 g/mol. The minimum absolute atomic E-state index is 0.615. The van der Waals surface area contributed by atoms with Crippen molar-refractivity contribution in [2.24, 2.45) is 0 Å². The molecule has 0 amide bonds. The fraction of sp³-hybridized carbons (Fsp3) is 0.500. The fourth-order valence-corrected chi connectivity index (χ4v) is 1.69. The number of terminal acetylenes is 1. The number of nitrogens with zero attached hydrogens (tertiary/aromatic N) is 2. The number of rotatable bonds is 6. The van der Waals surface area contributed by atoms with Crippen LogP contribution in [0.3, 0.4) is 0 Å². The first-order valence-electron chi connectivity index (χ1n) is 5.99. The van der Waals surface area contributed by atoms with Crippen molar-refractivity contribution in [3.8, 4) is 12.3 Å². The molecule has 0 aromatic carbocycles. The maximum absolute atomic E-state index is 5.35. The third kappa shape index (κ3) is 4.08. The van der Waals surface area contributed by atoms with E-state index < -0.39 is 0 Å². The van der Waals surface area contributed by atoms with E-state index in [1.807, 2.05) is 20.2 Å². The molecule has 1 aromatic rings. The minimum Gasteiger partial charge on any atom is -0.363 e. The van der Waals surface area contributed by atoms with E-state index in [-0.39, 0.29) is 0 Å². The Kier molecular flexibility index (Phi) is 5.51. The third-order valence-electron chi connectivity index (χ3n) is 2.58. The number of pyridine rings is 1. The van der Waals surface area contributed by atoms with E-state index in [9.17, 15) is 0 Å². The van der Waals surface area contributed by atoms with E-state index in [1.54, 1.807) is 0 Å². The molecule has 92 valence electrons. The van der Waals surface area contributed by atoms with Crippen molar-refractivity contribution in [2.45, 2.75) is 26.8 Å². The van der Waals surface area contributed by atoms with Crippen molar-refractivity contribution in [3.05, 3.63) is 23.5 Å². The minimum atomic E-state index is 0.615. The number of aryl methyl sites for hydroxylation is 1. The Balaban J connectivity index is 2.84. The van der Waals surface area contributed by atoms with E-state index >= 15 is 0 Å². The van der Waals surface area contributed by atoms with Crippen molar-refractivity contribution in [1.82, 2.24) is 10.3 Å². The molecular formula is C14H21N3. The van der Waals surface area contributed by atoms with Gasteiger partial charge in [-0.15, -0.1) is 6.42 Å². The average Bonchev–Trinajstić information content (AvgIpc) is 2.31. The van der Waals surface area contributed by atoms with E-state index in [4.69, 9.17) is 6.42 Å². The highest BCUT2D eigenvalue weighted by Crippen LogP contribution is 2.19. The maximum Gasteiger partial charge on any atom is 0.0788 e. The second kappa shape index (κ2) is 6.93. The van der Waals surface area contributed by atoms with E-state index in [0.29, 0.717) is 6.54 Å². The van der Waals surface area contributed by atoms with Crippen molar-refractivity contribution >= 4 is 5.69 Å². The molecule has 0 saturated heterocycles. The first-order chi connectivity index (χ1) is 8.19. The summed E-state index contributed by atoms with van der Waals surface area (Å²) in [5.41, 5.74) is 3.38. The Morgan fingerprint density at radius 2 is 2.29 bits per heavy atom. The molecule has 0 aliphatic heterocycles. The lowest BCUT2D eigenvalue weighted by molar-refractivity contribution is 0.672. The Morgan fingerprint density at radius 1 is 1.53 bits per heavy atom. The molecule has 17 heavy (non-hydrogen) atoms. The summed E-state index contributed by atoms with van der Waals surface area (Å²) >= 11 is 0. The van der Waals surface area contributed by atoms with Crippen molar-refractivity contribution in [1.29, 1.82) is 0 Å². The summed E-state index contributed by atoms with van der Waals surface area (Å²) in [6.45, 7) is 6.63. The van der Waals surface area contributed by atoms with Gasteiger partial charge in [-0.25, -0.2) is 0 Å². The predicted molar refractivity (Wildman–Crippen MR) is 73.1 cm³/mol. The van der Waals surface area contributed by atoms with Gasteiger partial charge in [-0.05, 0) is 26.0 Å². The van der Waals surface area contributed by atoms with Crippen LogP contribution in [0.25, 0.3) is 0 Å². The van der Waals surface area contributed by atoms with Gasteiger partial charge in [0.15, 0.2) is 0 Å². The number of aromatic nitrogens is 1. The van der Waals surface area contributed by atoms with Gasteiger partial charge in [-0.1, -0.05) is 12.8 Å². The Hall–Kier alpha value is -1.53. The highest BCUT2D eigenvalue weighted by molar-refractivity contribution is 5.53. The summed E-state index contributed by atoms with van der Waals surface area (Å²) in [4.78, 5) is 6.42. The Morgan fingerprint density at radius 3 is 2.94 bits per heavy atom. The van der Waals surface area contributed by atoms with Crippen LogP contribution >= 0.6 is 0 Å². The van der Waals surface area contributed by atoms with Gasteiger partial charge < -0.3 is 10.2 Å². The number of nitrogens with one attached hydrogen (secondary N) is 1. The third-order valence-corrected chi connectivity index (χ3v) is 2.58. The van der Waals surface area contributed by atoms with Crippen LogP contribution in [0.2, 0.25) is 0 Å². The average molecular weight is 231 g/mol. The van der Waals surface area contributed by atoms with Gasteiger partial charge in [0.25, 0.3) is 0 Å². The molecule has 0 spiro atoms. The molecule has 0 aliphatic carbocycles. The topological polar surface area (TPSA) is 28.2 Å².